The van der Waals surface area contributed by atoms with Crippen LogP contribution in [-0.4, -0.2) is 41.1 Å². The molecule has 1 aliphatic rings. The van der Waals surface area contributed by atoms with Crippen LogP contribution in [0.3, 0.4) is 0 Å². The van der Waals surface area contributed by atoms with Crippen LogP contribution in [0.5, 0.6) is 0 Å². The summed E-state index contributed by atoms with van der Waals surface area (Å²) in [7, 11) is 0. The molecule has 1 fully saturated rings. The molecule has 1 aliphatic heterocycles. The van der Waals surface area contributed by atoms with E-state index in [0.29, 0.717) is 6.54 Å². The number of hydrogen-bond acceptors (Lipinski definition) is 6. The Hall–Kier alpha value is -3.22. The van der Waals surface area contributed by atoms with Gasteiger partial charge in [-0.1, -0.05) is 0 Å². The first-order chi connectivity index (χ1) is 13.3. The molecule has 0 amide bonds. The van der Waals surface area contributed by atoms with E-state index in [9.17, 15) is 4.39 Å². The Morgan fingerprint density at radius 1 is 0.852 bits per heavy atom. The third kappa shape index (κ3) is 4.31. The van der Waals surface area contributed by atoms with Crippen LogP contribution in [0.1, 0.15) is 5.56 Å². The molecule has 2 aromatic heterocycles. The van der Waals surface area contributed by atoms with E-state index in [1.54, 1.807) is 18.6 Å². The highest BCUT2D eigenvalue weighted by molar-refractivity contribution is 5.49. The number of nitrogens with zero attached hydrogens (tertiary/aromatic N) is 5. The van der Waals surface area contributed by atoms with Crippen molar-refractivity contribution in [3.8, 4) is 0 Å². The molecule has 0 bridgehead atoms. The number of hydrogen-bond donors (Lipinski definition) is 1. The van der Waals surface area contributed by atoms with Crippen LogP contribution in [0.15, 0.2) is 61.1 Å². The molecule has 3 heterocycles. The van der Waals surface area contributed by atoms with E-state index in [4.69, 9.17) is 0 Å². The molecule has 7 heteroatoms. The van der Waals surface area contributed by atoms with Crippen molar-refractivity contribution >= 4 is 17.5 Å². The van der Waals surface area contributed by atoms with Crippen LogP contribution in [0, 0.1) is 5.82 Å². The molecule has 138 valence electrons. The van der Waals surface area contributed by atoms with Gasteiger partial charge in [-0.05, 0) is 48.0 Å². The maximum Gasteiger partial charge on any atom is 0.227 e. The first kappa shape index (κ1) is 17.2. The first-order valence-electron chi connectivity index (χ1n) is 8.99. The summed E-state index contributed by atoms with van der Waals surface area (Å²) in [6.07, 6.45) is 5.34. The Balaban J connectivity index is 1.36. The van der Waals surface area contributed by atoms with Gasteiger partial charge in [0.15, 0.2) is 0 Å². The molecule has 1 aromatic carbocycles. The highest BCUT2D eigenvalue weighted by Gasteiger charge is 2.19. The molecule has 3 aromatic rings. The lowest BCUT2D eigenvalue weighted by Crippen LogP contribution is -2.47. The summed E-state index contributed by atoms with van der Waals surface area (Å²) in [6.45, 7) is 4.04. The average Bonchev–Trinajstić information content (AvgIpc) is 2.74. The number of pyridine rings is 1. The zero-order valence-corrected chi connectivity index (χ0v) is 14.9. The molecule has 0 unspecified atom stereocenters. The van der Waals surface area contributed by atoms with Crippen molar-refractivity contribution in [1.29, 1.82) is 0 Å². The predicted molar refractivity (Wildman–Crippen MR) is 104 cm³/mol. The second kappa shape index (κ2) is 7.99. The van der Waals surface area contributed by atoms with Crippen molar-refractivity contribution in [2.24, 2.45) is 0 Å². The molecule has 0 aliphatic carbocycles. The SMILES string of the molecule is Fc1ccc(N2CCN(c3nccc(NCc4ccncc4)n3)CC2)cc1. The third-order valence-electron chi connectivity index (χ3n) is 4.62. The molecule has 0 radical (unpaired) electrons. The van der Waals surface area contributed by atoms with Crippen molar-refractivity contribution in [1.82, 2.24) is 15.0 Å². The van der Waals surface area contributed by atoms with Crippen molar-refractivity contribution in [3.05, 3.63) is 72.4 Å². The van der Waals surface area contributed by atoms with Crippen LogP contribution in [0.2, 0.25) is 0 Å². The second-order valence-electron chi connectivity index (χ2n) is 6.40. The molecule has 6 nitrogen and oxygen atoms in total. The number of halogens is 1. The van der Waals surface area contributed by atoms with Crippen molar-refractivity contribution in [2.45, 2.75) is 6.54 Å². The van der Waals surface area contributed by atoms with Crippen LogP contribution in [0.4, 0.5) is 21.8 Å². The lowest BCUT2D eigenvalue weighted by atomic mass is 10.2. The predicted octanol–water partition coefficient (Wildman–Crippen LogP) is 2.95. The molecule has 0 atom stereocenters. The number of piperazine rings is 1. The monoisotopic (exact) mass is 364 g/mol. The minimum Gasteiger partial charge on any atom is -0.368 e. The Kier molecular flexibility index (Phi) is 5.09. The van der Waals surface area contributed by atoms with E-state index in [0.717, 1.165) is 49.2 Å². The van der Waals surface area contributed by atoms with Gasteiger partial charge < -0.3 is 15.1 Å². The van der Waals surface area contributed by atoms with Crippen LogP contribution < -0.4 is 15.1 Å². The maximum atomic E-state index is 13.1. The normalized spacial score (nSPS) is 14.3. The van der Waals surface area contributed by atoms with Gasteiger partial charge in [0, 0.05) is 57.0 Å². The highest BCUT2D eigenvalue weighted by Crippen LogP contribution is 2.19. The topological polar surface area (TPSA) is 57.2 Å². The Morgan fingerprint density at radius 3 is 2.30 bits per heavy atom. The quantitative estimate of drug-likeness (QED) is 0.751. The largest absolute Gasteiger partial charge is 0.368 e. The van der Waals surface area contributed by atoms with Crippen molar-refractivity contribution < 1.29 is 4.39 Å². The minimum absolute atomic E-state index is 0.207. The Labute approximate surface area is 157 Å². The third-order valence-corrected chi connectivity index (χ3v) is 4.62. The number of anilines is 3. The number of aromatic nitrogens is 3. The molecule has 0 saturated carbocycles. The summed E-state index contributed by atoms with van der Waals surface area (Å²) in [4.78, 5) is 17.5. The number of nitrogens with one attached hydrogen (secondary N) is 1. The Morgan fingerprint density at radius 2 is 1.56 bits per heavy atom. The first-order valence-corrected chi connectivity index (χ1v) is 8.99. The van der Waals surface area contributed by atoms with E-state index in [1.807, 2.05) is 30.3 Å². The summed E-state index contributed by atoms with van der Waals surface area (Å²) in [5, 5.41) is 3.33. The molecular formula is C20H21FN6. The highest BCUT2D eigenvalue weighted by atomic mass is 19.1. The lowest BCUT2D eigenvalue weighted by Gasteiger charge is -2.36. The van der Waals surface area contributed by atoms with E-state index in [-0.39, 0.29) is 5.82 Å². The fraction of sp³-hybridized carbons (Fsp3) is 0.250. The van der Waals surface area contributed by atoms with Crippen molar-refractivity contribution in [2.75, 3.05) is 41.3 Å². The van der Waals surface area contributed by atoms with Gasteiger partial charge in [-0.15, -0.1) is 0 Å². The summed E-state index contributed by atoms with van der Waals surface area (Å²) >= 11 is 0. The molecule has 1 saturated heterocycles. The summed E-state index contributed by atoms with van der Waals surface area (Å²) in [5.74, 6) is 1.33. The summed E-state index contributed by atoms with van der Waals surface area (Å²) in [5.41, 5.74) is 2.20. The standard InChI is InChI=1S/C20H21FN6/c21-17-1-3-18(4-2-17)26-11-13-27(14-12-26)20-23-10-7-19(25-20)24-15-16-5-8-22-9-6-16/h1-10H,11-15H2,(H,23,24,25). The lowest BCUT2D eigenvalue weighted by molar-refractivity contribution is 0.623. The number of benzene rings is 1. The summed E-state index contributed by atoms with van der Waals surface area (Å²) in [6, 6.07) is 12.5. The molecule has 27 heavy (non-hydrogen) atoms. The van der Waals surface area contributed by atoms with Crippen LogP contribution in [-0.2, 0) is 6.54 Å². The van der Waals surface area contributed by atoms with E-state index in [2.05, 4.69) is 30.1 Å². The smallest absolute Gasteiger partial charge is 0.227 e. The van der Waals surface area contributed by atoms with E-state index < -0.39 is 0 Å². The van der Waals surface area contributed by atoms with Gasteiger partial charge in [0.25, 0.3) is 0 Å². The summed E-state index contributed by atoms with van der Waals surface area (Å²) < 4.78 is 13.1. The van der Waals surface area contributed by atoms with Gasteiger partial charge in [0.05, 0.1) is 0 Å². The molecule has 1 N–H and O–H groups in total. The van der Waals surface area contributed by atoms with Gasteiger partial charge in [0.2, 0.25) is 5.95 Å². The van der Waals surface area contributed by atoms with Crippen molar-refractivity contribution in [3.63, 3.8) is 0 Å². The molecular weight excluding hydrogens is 343 g/mol. The minimum atomic E-state index is -0.207. The fourth-order valence-corrected chi connectivity index (χ4v) is 3.11. The zero-order valence-electron chi connectivity index (χ0n) is 14.9. The molecule has 0 spiro atoms. The second-order valence-corrected chi connectivity index (χ2v) is 6.40. The van der Waals surface area contributed by atoms with Crippen LogP contribution >= 0.6 is 0 Å². The van der Waals surface area contributed by atoms with Crippen LogP contribution in [0.25, 0.3) is 0 Å². The van der Waals surface area contributed by atoms with E-state index in [1.165, 1.54) is 12.1 Å². The zero-order chi connectivity index (χ0) is 18.5. The Bertz CT molecular complexity index is 863. The van der Waals surface area contributed by atoms with Gasteiger partial charge in [-0.25, -0.2) is 9.37 Å². The fourth-order valence-electron chi connectivity index (χ4n) is 3.11. The van der Waals surface area contributed by atoms with E-state index >= 15 is 0 Å². The molecule has 4 rings (SSSR count). The maximum absolute atomic E-state index is 13.1. The van der Waals surface area contributed by atoms with Gasteiger partial charge in [-0.2, -0.15) is 4.98 Å². The van der Waals surface area contributed by atoms with Gasteiger partial charge in [-0.3, -0.25) is 4.98 Å². The van der Waals surface area contributed by atoms with Gasteiger partial charge >= 0.3 is 0 Å². The van der Waals surface area contributed by atoms with Gasteiger partial charge in [0.1, 0.15) is 11.6 Å². The number of rotatable bonds is 5. The average molecular weight is 364 g/mol.